The fourth-order valence-corrected chi connectivity index (χ4v) is 2.87. The van der Waals surface area contributed by atoms with Crippen molar-refractivity contribution < 1.29 is 9.18 Å². The van der Waals surface area contributed by atoms with Gasteiger partial charge in [0, 0.05) is 18.0 Å². The fourth-order valence-electron chi connectivity index (χ4n) is 2.87. The molecule has 3 nitrogen and oxygen atoms in total. The van der Waals surface area contributed by atoms with E-state index in [1.54, 1.807) is 18.2 Å². The number of benzene rings is 2. The summed E-state index contributed by atoms with van der Waals surface area (Å²) in [4.78, 5) is 19.3. The Balaban J connectivity index is 1.62. The molecule has 0 N–H and O–H groups in total. The average Bonchev–Trinajstić information content (AvgIpc) is 3.45. The molecule has 0 unspecified atom stereocenters. The van der Waals surface area contributed by atoms with Crippen LogP contribution in [0.5, 0.6) is 0 Å². The van der Waals surface area contributed by atoms with Gasteiger partial charge in [0.15, 0.2) is 0 Å². The molecule has 3 aromatic rings. The number of carbonyl (C=O) groups is 1. The van der Waals surface area contributed by atoms with Crippen molar-refractivity contribution in [2.45, 2.75) is 25.4 Å². The first-order valence-electron chi connectivity index (χ1n) is 8.12. The third-order valence-corrected chi connectivity index (χ3v) is 4.33. The summed E-state index contributed by atoms with van der Waals surface area (Å²) < 4.78 is 13.1. The minimum Gasteiger partial charge on any atom is -0.330 e. The van der Waals surface area contributed by atoms with Crippen LogP contribution >= 0.6 is 0 Å². The number of nitrogens with zero attached hydrogens (tertiary/aromatic N) is 2. The summed E-state index contributed by atoms with van der Waals surface area (Å²) in [6, 6.07) is 18.0. The Morgan fingerprint density at radius 1 is 1.04 bits per heavy atom. The van der Waals surface area contributed by atoms with Crippen LogP contribution in [0.2, 0.25) is 0 Å². The topological polar surface area (TPSA) is 33.2 Å². The van der Waals surface area contributed by atoms with E-state index in [-0.39, 0.29) is 17.8 Å². The number of hydrogen-bond acceptors (Lipinski definition) is 2. The van der Waals surface area contributed by atoms with Crippen molar-refractivity contribution in [1.29, 1.82) is 0 Å². The van der Waals surface area contributed by atoms with Gasteiger partial charge in [0.1, 0.15) is 11.5 Å². The molecule has 24 heavy (non-hydrogen) atoms. The number of hydrogen-bond donors (Lipinski definition) is 0. The molecular formula is C20H17FN2O. The summed E-state index contributed by atoms with van der Waals surface area (Å²) in [6.07, 6.45) is 2.03. The number of aromatic nitrogens is 1. The molecule has 0 spiro atoms. The van der Waals surface area contributed by atoms with Crippen LogP contribution in [-0.2, 0) is 6.54 Å². The highest BCUT2D eigenvalue weighted by molar-refractivity contribution is 5.95. The van der Waals surface area contributed by atoms with Crippen molar-refractivity contribution in [2.75, 3.05) is 0 Å². The van der Waals surface area contributed by atoms with Crippen molar-refractivity contribution in [2.24, 2.45) is 0 Å². The number of rotatable bonds is 4. The first-order chi connectivity index (χ1) is 11.7. The second kappa shape index (κ2) is 6.04. The Labute approximate surface area is 139 Å². The van der Waals surface area contributed by atoms with Gasteiger partial charge in [-0.05, 0) is 42.7 Å². The number of pyridine rings is 1. The maximum absolute atomic E-state index is 13.1. The minimum atomic E-state index is -0.265. The van der Waals surface area contributed by atoms with Crippen molar-refractivity contribution in [3.63, 3.8) is 0 Å². The lowest BCUT2D eigenvalue weighted by Gasteiger charge is -2.22. The summed E-state index contributed by atoms with van der Waals surface area (Å²) in [5.41, 5.74) is 2.21. The van der Waals surface area contributed by atoms with Crippen molar-refractivity contribution in [1.82, 2.24) is 9.88 Å². The highest BCUT2D eigenvalue weighted by Crippen LogP contribution is 2.30. The van der Waals surface area contributed by atoms with Gasteiger partial charge in [0.05, 0.1) is 5.52 Å². The van der Waals surface area contributed by atoms with Crippen LogP contribution < -0.4 is 0 Å². The smallest absolute Gasteiger partial charge is 0.273 e. The van der Waals surface area contributed by atoms with Crippen LogP contribution in [0.1, 0.15) is 28.9 Å². The van der Waals surface area contributed by atoms with Gasteiger partial charge in [-0.25, -0.2) is 9.37 Å². The molecule has 1 fully saturated rings. The highest BCUT2D eigenvalue weighted by Gasteiger charge is 2.33. The van der Waals surface area contributed by atoms with Gasteiger partial charge in [0.25, 0.3) is 5.91 Å². The van der Waals surface area contributed by atoms with E-state index in [2.05, 4.69) is 4.98 Å². The van der Waals surface area contributed by atoms with Gasteiger partial charge >= 0.3 is 0 Å². The maximum atomic E-state index is 13.1. The van der Waals surface area contributed by atoms with Crippen molar-refractivity contribution in [3.05, 3.63) is 77.7 Å². The zero-order valence-corrected chi connectivity index (χ0v) is 13.2. The molecule has 1 heterocycles. The van der Waals surface area contributed by atoms with E-state index in [9.17, 15) is 9.18 Å². The molecule has 4 heteroatoms. The normalized spacial score (nSPS) is 13.9. The van der Waals surface area contributed by atoms with Crippen LogP contribution in [0.4, 0.5) is 4.39 Å². The SMILES string of the molecule is O=C(c1ccc2ccccc2n1)N(Cc1ccc(F)cc1)C1CC1. The molecule has 0 atom stereocenters. The third kappa shape index (κ3) is 3.00. The Morgan fingerprint density at radius 3 is 2.54 bits per heavy atom. The lowest BCUT2D eigenvalue weighted by molar-refractivity contribution is 0.0724. The minimum absolute atomic E-state index is 0.0624. The van der Waals surface area contributed by atoms with Gasteiger partial charge in [-0.1, -0.05) is 36.4 Å². The Hall–Kier alpha value is -2.75. The molecule has 0 aliphatic heterocycles. The van der Waals surface area contributed by atoms with Gasteiger partial charge in [-0.15, -0.1) is 0 Å². The predicted molar refractivity (Wildman–Crippen MR) is 91.0 cm³/mol. The van der Waals surface area contributed by atoms with Crippen LogP contribution in [0.15, 0.2) is 60.7 Å². The average molecular weight is 320 g/mol. The fraction of sp³-hybridized carbons (Fsp3) is 0.200. The van der Waals surface area contributed by atoms with Gasteiger partial charge < -0.3 is 4.90 Å². The zero-order chi connectivity index (χ0) is 16.5. The number of carbonyl (C=O) groups excluding carboxylic acids is 1. The molecule has 120 valence electrons. The van der Waals surface area contributed by atoms with Gasteiger partial charge in [0.2, 0.25) is 0 Å². The zero-order valence-electron chi connectivity index (χ0n) is 13.2. The lowest BCUT2D eigenvalue weighted by atomic mass is 10.1. The monoisotopic (exact) mass is 320 g/mol. The summed E-state index contributed by atoms with van der Waals surface area (Å²) in [7, 11) is 0. The van der Waals surface area contributed by atoms with Gasteiger partial charge in [-0.2, -0.15) is 0 Å². The second-order valence-corrected chi connectivity index (χ2v) is 6.18. The predicted octanol–water partition coefficient (Wildman–Crippen LogP) is 4.18. The summed E-state index contributed by atoms with van der Waals surface area (Å²) in [5.74, 6) is -0.327. The first-order valence-corrected chi connectivity index (χ1v) is 8.12. The Kier molecular flexibility index (Phi) is 3.73. The highest BCUT2D eigenvalue weighted by atomic mass is 19.1. The number of halogens is 1. The number of fused-ring (bicyclic) bond motifs is 1. The third-order valence-electron chi connectivity index (χ3n) is 4.33. The summed E-state index contributed by atoms with van der Waals surface area (Å²) in [5, 5.41) is 1.02. The van der Waals surface area contributed by atoms with Crippen LogP contribution in [0.3, 0.4) is 0 Å². The van der Waals surface area contributed by atoms with E-state index >= 15 is 0 Å². The molecule has 1 aromatic heterocycles. The number of para-hydroxylation sites is 1. The molecule has 0 bridgehead atoms. The van der Waals surface area contributed by atoms with E-state index in [1.807, 2.05) is 35.2 Å². The van der Waals surface area contributed by atoms with E-state index in [1.165, 1.54) is 12.1 Å². The second-order valence-electron chi connectivity index (χ2n) is 6.18. The molecule has 1 aliphatic carbocycles. The van der Waals surface area contributed by atoms with E-state index in [4.69, 9.17) is 0 Å². The molecule has 1 saturated carbocycles. The van der Waals surface area contributed by atoms with Crippen molar-refractivity contribution in [3.8, 4) is 0 Å². The molecule has 0 saturated heterocycles. The van der Waals surface area contributed by atoms with Gasteiger partial charge in [-0.3, -0.25) is 4.79 Å². The quantitative estimate of drug-likeness (QED) is 0.722. The molecule has 2 aromatic carbocycles. The first kappa shape index (κ1) is 14.8. The largest absolute Gasteiger partial charge is 0.330 e. The standard InChI is InChI=1S/C20H17FN2O/c21-16-8-5-14(6-9-16)13-23(17-10-11-17)20(24)19-12-7-15-3-1-2-4-18(15)22-19/h1-9,12,17H,10-11,13H2. The van der Waals surface area contributed by atoms with Crippen LogP contribution in [0.25, 0.3) is 10.9 Å². The van der Waals surface area contributed by atoms with Crippen LogP contribution in [0, 0.1) is 5.82 Å². The van der Waals surface area contributed by atoms with E-state index in [0.717, 1.165) is 29.3 Å². The molecule has 1 aliphatic rings. The van der Waals surface area contributed by atoms with Crippen molar-refractivity contribution >= 4 is 16.8 Å². The summed E-state index contributed by atoms with van der Waals surface area (Å²) >= 11 is 0. The van der Waals surface area contributed by atoms with Crippen LogP contribution in [-0.4, -0.2) is 21.8 Å². The molecule has 1 amide bonds. The number of amides is 1. The van der Waals surface area contributed by atoms with E-state index < -0.39 is 0 Å². The Bertz CT molecular complexity index is 888. The molecule has 4 rings (SSSR count). The Morgan fingerprint density at radius 2 is 1.79 bits per heavy atom. The summed E-state index contributed by atoms with van der Waals surface area (Å²) in [6.45, 7) is 0.484. The molecular weight excluding hydrogens is 303 g/mol. The maximum Gasteiger partial charge on any atom is 0.273 e. The molecule has 0 radical (unpaired) electrons. The van der Waals surface area contributed by atoms with E-state index in [0.29, 0.717) is 12.2 Å². The lowest BCUT2D eigenvalue weighted by Crippen LogP contribution is -2.33.